The Morgan fingerprint density at radius 1 is 1.58 bits per heavy atom. The number of likely N-dealkylation sites (N-methyl/N-ethyl adjacent to an activating group) is 1. The summed E-state index contributed by atoms with van der Waals surface area (Å²) in [7, 11) is 1.82. The molecule has 0 saturated heterocycles. The highest BCUT2D eigenvalue weighted by molar-refractivity contribution is 6.33. The third kappa shape index (κ3) is 5.92. The minimum atomic E-state index is -0.367. The van der Waals surface area contributed by atoms with Crippen LogP contribution in [0.3, 0.4) is 0 Å². The van der Waals surface area contributed by atoms with Gasteiger partial charge in [0.1, 0.15) is 0 Å². The molecule has 106 valence electrons. The van der Waals surface area contributed by atoms with E-state index in [1.54, 1.807) is 25.1 Å². The third-order valence-corrected chi connectivity index (χ3v) is 2.94. The number of aliphatic hydroxyl groups excluding tert-OH is 1. The minimum absolute atomic E-state index is 0.166. The van der Waals surface area contributed by atoms with E-state index in [1.807, 2.05) is 11.9 Å². The molecule has 0 aromatic heterocycles. The van der Waals surface area contributed by atoms with Crippen molar-refractivity contribution in [3.63, 3.8) is 0 Å². The number of amides is 1. The summed E-state index contributed by atoms with van der Waals surface area (Å²) < 4.78 is 0. The number of benzene rings is 1. The number of hydrogen-bond acceptors (Lipinski definition) is 4. The van der Waals surface area contributed by atoms with E-state index >= 15 is 0 Å². The molecule has 1 aromatic carbocycles. The first kappa shape index (κ1) is 15.8. The number of anilines is 2. The maximum absolute atomic E-state index is 11.8. The predicted octanol–water partition coefficient (Wildman–Crippen LogP) is 1.56. The van der Waals surface area contributed by atoms with Gasteiger partial charge in [0.05, 0.1) is 23.4 Å². The lowest BCUT2D eigenvalue weighted by atomic mass is 10.2. The monoisotopic (exact) mass is 285 g/mol. The van der Waals surface area contributed by atoms with E-state index < -0.39 is 0 Å². The molecule has 0 fully saturated rings. The standard InChI is InChI=1S/C13H20ClN3O2/c1-9(18)5-6-17(2)8-13(19)16-12-7-10(15)3-4-11(12)14/h3-4,7,9,18H,5-6,8,15H2,1-2H3,(H,16,19). The number of aliphatic hydroxyl groups is 1. The highest BCUT2D eigenvalue weighted by Gasteiger charge is 2.10. The van der Waals surface area contributed by atoms with E-state index in [4.69, 9.17) is 17.3 Å². The lowest BCUT2D eigenvalue weighted by Crippen LogP contribution is -2.32. The second-order valence-electron chi connectivity index (χ2n) is 4.66. The molecule has 0 radical (unpaired) electrons. The SMILES string of the molecule is CC(O)CCN(C)CC(=O)Nc1cc(N)ccc1Cl. The van der Waals surface area contributed by atoms with Crippen LogP contribution in [0.15, 0.2) is 18.2 Å². The minimum Gasteiger partial charge on any atom is -0.399 e. The number of nitrogens with zero attached hydrogens (tertiary/aromatic N) is 1. The van der Waals surface area contributed by atoms with Gasteiger partial charge >= 0.3 is 0 Å². The molecule has 1 unspecified atom stereocenters. The summed E-state index contributed by atoms with van der Waals surface area (Å²) in [6.07, 6.45) is 0.261. The van der Waals surface area contributed by atoms with Crippen LogP contribution < -0.4 is 11.1 Å². The van der Waals surface area contributed by atoms with Crippen LogP contribution in [-0.2, 0) is 4.79 Å². The van der Waals surface area contributed by atoms with Crippen molar-refractivity contribution in [3.8, 4) is 0 Å². The summed E-state index contributed by atoms with van der Waals surface area (Å²) in [5, 5.41) is 12.3. The fourth-order valence-electron chi connectivity index (χ4n) is 1.56. The van der Waals surface area contributed by atoms with Gasteiger partial charge in [-0.1, -0.05) is 11.6 Å². The second-order valence-corrected chi connectivity index (χ2v) is 5.07. The van der Waals surface area contributed by atoms with Gasteiger partial charge in [0.2, 0.25) is 5.91 Å². The van der Waals surface area contributed by atoms with Crippen molar-refractivity contribution >= 4 is 28.9 Å². The van der Waals surface area contributed by atoms with Crippen molar-refractivity contribution in [3.05, 3.63) is 23.2 Å². The summed E-state index contributed by atoms with van der Waals surface area (Å²) >= 11 is 5.96. The zero-order valence-electron chi connectivity index (χ0n) is 11.2. The number of hydrogen-bond donors (Lipinski definition) is 3. The summed E-state index contributed by atoms with van der Waals surface area (Å²) in [4.78, 5) is 13.7. The van der Waals surface area contributed by atoms with E-state index in [0.29, 0.717) is 29.4 Å². The van der Waals surface area contributed by atoms with Crippen molar-refractivity contribution < 1.29 is 9.90 Å². The molecule has 5 nitrogen and oxygen atoms in total. The first-order valence-corrected chi connectivity index (χ1v) is 6.47. The average molecular weight is 286 g/mol. The van der Waals surface area contributed by atoms with Gasteiger partial charge in [-0.2, -0.15) is 0 Å². The van der Waals surface area contributed by atoms with Gasteiger partial charge in [-0.15, -0.1) is 0 Å². The molecule has 0 heterocycles. The Balaban J connectivity index is 2.48. The lowest BCUT2D eigenvalue weighted by molar-refractivity contribution is -0.117. The Bertz CT molecular complexity index is 438. The van der Waals surface area contributed by atoms with Crippen molar-refractivity contribution in [1.29, 1.82) is 0 Å². The fourth-order valence-corrected chi connectivity index (χ4v) is 1.72. The van der Waals surface area contributed by atoms with Crippen LogP contribution in [0.1, 0.15) is 13.3 Å². The molecule has 0 saturated carbocycles. The number of carbonyl (C=O) groups excluding carboxylic acids is 1. The summed E-state index contributed by atoms with van der Waals surface area (Å²) in [5.74, 6) is -0.166. The van der Waals surface area contributed by atoms with E-state index in [2.05, 4.69) is 5.32 Å². The van der Waals surface area contributed by atoms with Gasteiger partial charge in [-0.3, -0.25) is 9.69 Å². The molecule has 0 aliphatic heterocycles. The van der Waals surface area contributed by atoms with Crippen LogP contribution in [0, 0.1) is 0 Å². The van der Waals surface area contributed by atoms with Crippen molar-refractivity contribution in [2.75, 3.05) is 31.2 Å². The van der Waals surface area contributed by atoms with Gasteiger partial charge in [-0.05, 0) is 38.6 Å². The molecular formula is C13H20ClN3O2. The normalized spacial score (nSPS) is 12.5. The lowest BCUT2D eigenvalue weighted by Gasteiger charge is -2.17. The number of nitrogen functional groups attached to an aromatic ring is 1. The van der Waals surface area contributed by atoms with E-state index in [1.165, 1.54) is 0 Å². The number of nitrogens with two attached hydrogens (primary N) is 1. The maximum atomic E-state index is 11.8. The molecule has 0 bridgehead atoms. The number of nitrogens with one attached hydrogen (secondary N) is 1. The first-order valence-electron chi connectivity index (χ1n) is 6.10. The molecule has 6 heteroatoms. The second kappa shape index (κ2) is 7.33. The predicted molar refractivity (Wildman–Crippen MR) is 78.3 cm³/mol. The van der Waals surface area contributed by atoms with Crippen LogP contribution in [0.5, 0.6) is 0 Å². The highest BCUT2D eigenvalue weighted by atomic mass is 35.5. The van der Waals surface area contributed by atoms with Crippen molar-refractivity contribution in [1.82, 2.24) is 4.90 Å². The Labute approximate surface area is 118 Å². The van der Waals surface area contributed by atoms with E-state index in [9.17, 15) is 9.90 Å². The Morgan fingerprint density at radius 2 is 2.26 bits per heavy atom. The average Bonchev–Trinajstić information content (AvgIpc) is 2.31. The summed E-state index contributed by atoms with van der Waals surface area (Å²) in [6.45, 7) is 2.61. The van der Waals surface area contributed by atoms with Crippen LogP contribution in [0.4, 0.5) is 11.4 Å². The molecule has 0 spiro atoms. The molecule has 4 N–H and O–H groups in total. The van der Waals surface area contributed by atoms with Crippen LogP contribution in [0.2, 0.25) is 5.02 Å². The van der Waals surface area contributed by atoms with Gasteiger partial charge < -0.3 is 16.2 Å². The molecule has 1 aromatic rings. The van der Waals surface area contributed by atoms with Crippen molar-refractivity contribution in [2.24, 2.45) is 0 Å². The zero-order valence-corrected chi connectivity index (χ0v) is 11.9. The van der Waals surface area contributed by atoms with Gasteiger partial charge in [0.15, 0.2) is 0 Å². The Hall–Kier alpha value is -1.30. The molecule has 1 rings (SSSR count). The van der Waals surface area contributed by atoms with E-state index in [-0.39, 0.29) is 18.6 Å². The fraction of sp³-hybridized carbons (Fsp3) is 0.462. The quantitative estimate of drug-likeness (QED) is 0.693. The number of halogens is 1. The Kier molecular flexibility index (Phi) is 6.08. The molecule has 1 amide bonds. The maximum Gasteiger partial charge on any atom is 0.238 e. The molecular weight excluding hydrogens is 266 g/mol. The molecule has 1 atom stereocenters. The largest absolute Gasteiger partial charge is 0.399 e. The molecule has 0 aliphatic rings. The van der Waals surface area contributed by atoms with Crippen LogP contribution in [-0.4, -0.2) is 42.2 Å². The van der Waals surface area contributed by atoms with Crippen LogP contribution in [0.25, 0.3) is 0 Å². The summed E-state index contributed by atoms with van der Waals surface area (Å²) in [5.41, 5.74) is 6.69. The van der Waals surface area contributed by atoms with Crippen LogP contribution >= 0.6 is 11.6 Å². The van der Waals surface area contributed by atoms with Crippen molar-refractivity contribution in [2.45, 2.75) is 19.4 Å². The molecule has 19 heavy (non-hydrogen) atoms. The van der Waals surface area contributed by atoms with E-state index in [0.717, 1.165) is 0 Å². The summed E-state index contributed by atoms with van der Waals surface area (Å²) in [6, 6.07) is 4.94. The van der Waals surface area contributed by atoms with Gasteiger partial charge in [-0.25, -0.2) is 0 Å². The topological polar surface area (TPSA) is 78.6 Å². The third-order valence-electron chi connectivity index (χ3n) is 2.61. The molecule has 0 aliphatic carbocycles. The first-order chi connectivity index (χ1) is 8.88. The number of carbonyl (C=O) groups is 1. The highest BCUT2D eigenvalue weighted by Crippen LogP contribution is 2.23. The van der Waals surface area contributed by atoms with Gasteiger partial charge in [0.25, 0.3) is 0 Å². The zero-order chi connectivity index (χ0) is 14.4. The smallest absolute Gasteiger partial charge is 0.238 e. The number of rotatable bonds is 6. The van der Waals surface area contributed by atoms with Gasteiger partial charge in [0, 0.05) is 12.2 Å². The Morgan fingerprint density at radius 3 is 2.89 bits per heavy atom.